The number of hydrogen-bond acceptors (Lipinski definition) is 5. The fourth-order valence-electron chi connectivity index (χ4n) is 2.82. The minimum atomic E-state index is -0.231. The number of benzene rings is 1. The van der Waals surface area contributed by atoms with E-state index in [1.54, 1.807) is 23.5 Å². The van der Waals surface area contributed by atoms with Gasteiger partial charge in [0.15, 0.2) is 0 Å². The summed E-state index contributed by atoms with van der Waals surface area (Å²) in [4.78, 5) is 13.8. The first-order valence-corrected chi connectivity index (χ1v) is 9.07. The lowest BCUT2D eigenvalue weighted by Gasteiger charge is -2.32. The van der Waals surface area contributed by atoms with Crippen LogP contribution in [0.2, 0.25) is 0 Å². The highest BCUT2D eigenvalue weighted by Gasteiger charge is 2.23. The Morgan fingerprint density at radius 3 is 2.92 bits per heavy atom. The molecule has 2 heterocycles. The lowest BCUT2D eigenvalue weighted by molar-refractivity contribution is -0.121. The molecule has 1 saturated heterocycles. The fraction of sp³-hybridized carbons (Fsp3) is 0.471. The van der Waals surface area contributed by atoms with Crippen LogP contribution in [-0.2, 0) is 11.2 Å². The Kier molecular flexibility index (Phi) is 5.40. The second kappa shape index (κ2) is 7.70. The maximum Gasteiger partial charge on any atom is 0.219 e. The van der Waals surface area contributed by atoms with Gasteiger partial charge in [0.1, 0.15) is 10.8 Å². The molecule has 0 spiro atoms. The number of nitrogens with one attached hydrogen (secondary N) is 1. The van der Waals surface area contributed by atoms with E-state index in [-0.39, 0.29) is 17.8 Å². The van der Waals surface area contributed by atoms with Crippen molar-refractivity contribution < 1.29 is 9.18 Å². The van der Waals surface area contributed by atoms with Gasteiger partial charge in [-0.2, -0.15) is 0 Å². The van der Waals surface area contributed by atoms with Crippen molar-refractivity contribution >= 4 is 22.4 Å². The van der Waals surface area contributed by atoms with Gasteiger partial charge < -0.3 is 10.2 Å². The number of nitrogens with zero attached hydrogens (tertiary/aromatic N) is 3. The van der Waals surface area contributed by atoms with Gasteiger partial charge in [0.25, 0.3) is 0 Å². The quantitative estimate of drug-likeness (QED) is 0.903. The van der Waals surface area contributed by atoms with E-state index in [1.807, 2.05) is 6.92 Å². The molecule has 1 amide bonds. The highest BCUT2D eigenvalue weighted by molar-refractivity contribution is 7.15. The summed E-state index contributed by atoms with van der Waals surface area (Å²) >= 11 is 1.56. The molecular formula is C17H21FN4OS. The van der Waals surface area contributed by atoms with Crippen LogP contribution in [0.1, 0.15) is 36.8 Å². The Morgan fingerprint density at radius 2 is 2.17 bits per heavy atom. The normalized spacial score (nSPS) is 17.8. The number of amides is 1. The zero-order chi connectivity index (χ0) is 16.9. The van der Waals surface area contributed by atoms with E-state index in [0.29, 0.717) is 12.8 Å². The molecule has 0 saturated carbocycles. The van der Waals surface area contributed by atoms with E-state index in [1.165, 1.54) is 12.1 Å². The summed E-state index contributed by atoms with van der Waals surface area (Å²) in [6.45, 7) is 3.57. The van der Waals surface area contributed by atoms with E-state index in [0.717, 1.165) is 41.6 Å². The van der Waals surface area contributed by atoms with Crippen LogP contribution in [0.4, 0.5) is 9.52 Å². The lowest BCUT2D eigenvalue weighted by atomic mass is 10.1. The average Bonchev–Trinajstić information content (AvgIpc) is 3.06. The number of hydrogen-bond donors (Lipinski definition) is 1. The van der Waals surface area contributed by atoms with Crippen molar-refractivity contribution in [2.24, 2.45) is 0 Å². The predicted octanol–water partition coefficient (Wildman–Crippen LogP) is 2.76. The number of piperidine rings is 1. The maximum atomic E-state index is 13.0. The van der Waals surface area contributed by atoms with E-state index in [9.17, 15) is 9.18 Å². The second-order valence-corrected chi connectivity index (χ2v) is 7.03. The van der Waals surface area contributed by atoms with Crippen molar-refractivity contribution in [3.8, 4) is 0 Å². The molecule has 3 rings (SSSR count). The van der Waals surface area contributed by atoms with Crippen molar-refractivity contribution in [2.75, 3.05) is 18.0 Å². The SMILES string of the molecule is CCC(=O)NC1CCCN(c2nnc(Cc3ccc(F)cc3)s2)C1. The fourth-order valence-corrected chi connectivity index (χ4v) is 3.73. The van der Waals surface area contributed by atoms with Gasteiger partial charge in [-0.1, -0.05) is 30.4 Å². The average molecular weight is 348 g/mol. The molecule has 1 N–H and O–H groups in total. The van der Waals surface area contributed by atoms with Crippen molar-refractivity contribution in [3.05, 3.63) is 40.7 Å². The summed E-state index contributed by atoms with van der Waals surface area (Å²) in [5.74, 6) is -0.138. The Bertz CT molecular complexity index is 688. The van der Waals surface area contributed by atoms with Gasteiger partial charge in [-0.3, -0.25) is 4.79 Å². The van der Waals surface area contributed by atoms with Crippen LogP contribution in [0.15, 0.2) is 24.3 Å². The number of carbonyl (C=O) groups excluding carboxylic acids is 1. The van der Waals surface area contributed by atoms with Gasteiger partial charge in [0, 0.05) is 32.0 Å². The first-order chi connectivity index (χ1) is 11.6. The number of halogens is 1. The van der Waals surface area contributed by atoms with Gasteiger partial charge in [-0.05, 0) is 30.5 Å². The summed E-state index contributed by atoms with van der Waals surface area (Å²) in [6, 6.07) is 6.64. The van der Waals surface area contributed by atoms with Crippen LogP contribution in [0.25, 0.3) is 0 Å². The third-order valence-electron chi connectivity index (χ3n) is 4.10. The molecule has 2 aromatic rings. The topological polar surface area (TPSA) is 58.1 Å². The number of anilines is 1. The van der Waals surface area contributed by atoms with E-state index in [4.69, 9.17) is 0 Å². The van der Waals surface area contributed by atoms with Crippen LogP contribution in [0, 0.1) is 5.82 Å². The molecule has 1 aromatic carbocycles. The molecule has 7 heteroatoms. The lowest BCUT2D eigenvalue weighted by Crippen LogP contribution is -2.47. The third-order valence-corrected chi connectivity index (χ3v) is 5.09. The number of carbonyl (C=O) groups is 1. The molecule has 1 fully saturated rings. The molecule has 0 radical (unpaired) electrons. The maximum absolute atomic E-state index is 13.0. The van der Waals surface area contributed by atoms with Crippen LogP contribution in [0.5, 0.6) is 0 Å². The van der Waals surface area contributed by atoms with Crippen LogP contribution in [0.3, 0.4) is 0 Å². The Hall–Kier alpha value is -2.02. The van der Waals surface area contributed by atoms with E-state index < -0.39 is 0 Å². The van der Waals surface area contributed by atoms with Gasteiger partial charge >= 0.3 is 0 Å². The Labute approximate surface area is 144 Å². The first-order valence-electron chi connectivity index (χ1n) is 8.25. The Balaban J connectivity index is 1.62. The number of aromatic nitrogens is 2. The zero-order valence-electron chi connectivity index (χ0n) is 13.7. The van der Waals surface area contributed by atoms with Gasteiger partial charge in [-0.15, -0.1) is 10.2 Å². The van der Waals surface area contributed by atoms with E-state index in [2.05, 4.69) is 20.4 Å². The van der Waals surface area contributed by atoms with Crippen molar-refractivity contribution in [2.45, 2.75) is 38.6 Å². The number of rotatable bonds is 5. The highest BCUT2D eigenvalue weighted by Crippen LogP contribution is 2.25. The highest BCUT2D eigenvalue weighted by atomic mass is 32.1. The Morgan fingerprint density at radius 1 is 1.38 bits per heavy atom. The zero-order valence-corrected chi connectivity index (χ0v) is 14.5. The monoisotopic (exact) mass is 348 g/mol. The molecule has 5 nitrogen and oxygen atoms in total. The summed E-state index contributed by atoms with van der Waals surface area (Å²) in [5.41, 5.74) is 1.02. The standard InChI is InChI=1S/C17H21FN4OS/c1-2-15(23)19-14-4-3-9-22(11-14)17-21-20-16(24-17)10-12-5-7-13(18)8-6-12/h5-8,14H,2-4,9-11H2,1H3,(H,19,23). The molecule has 0 bridgehead atoms. The summed E-state index contributed by atoms with van der Waals surface area (Å²) in [5, 5.41) is 13.4. The second-order valence-electron chi connectivity index (χ2n) is 5.99. The van der Waals surface area contributed by atoms with Crippen LogP contribution in [-0.4, -0.2) is 35.2 Å². The van der Waals surface area contributed by atoms with Gasteiger partial charge in [0.2, 0.25) is 11.0 Å². The molecule has 0 aliphatic carbocycles. The molecular weight excluding hydrogens is 327 g/mol. The van der Waals surface area contributed by atoms with Crippen LogP contribution < -0.4 is 10.2 Å². The molecule has 1 aliphatic rings. The molecule has 1 atom stereocenters. The largest absolute Gasteiger partial charge is 0.352 e. The minimum Gasteiger partial charge on any atom is -0.352 e. The predicted molar refractivity (Wildman–Crippen MR) is 92.8 cm³/mol. The first kappa shape index (κ1) is 16.8. The smallest absolute Gasteiger partial charge is 0.219 e. The summed E-state index contributed by atoms with van der Waals surface area (Å²) < 4.78 is 13.0. The minimum absolute atomic E-state index is 0.0936. The molecule has 1 unspecified atom stereocenters. The summed E-state index contributed by atoms with van der Waals surface area (Å²) in [6.07, 6.45) is 3.20. The summed E-state index contributed by atoms with van der Waals surface area (Å²) in [7, 11) is 0. The van der Waals surface area contributed by atoms with Crippen molar-refractivity contribution in [1.29, 1.82) is 0 Å². The van der Waals surface area contributed by atoms with Gasteiger partial charge in [-0.25, -0.2) is 4.39 Å². The third kappa shape index (κ3) is 4.29. The van der Waals surface area contributed by atoms with E-state index >= 15 is 0 Å². The molecule has 1 aromatic heterocycles. The molecule has 24 heavy (non-hydrogen) atoms. The molecule has 128 valence electrons. The van der Waals surface area contributed by atoms with Gasteiger partial charge in [0.05, 0.1) is 0 Å². The van der Waals surface area contributed by atoms with Crippen molar-refractivity contribution in [1.82, 2.24) is 15.5 Å². The van der Waals surface area contributed by atoms with Crippen molar-refractivity contribution in [3.63, 3.8) is 0 Å². The van der Waals surface area contributed by atoms with Crippen LogP contribution >= 0.6 is 11.3 Å². The molecule has 1 aliphatic heterocycles.